The van der Waals surface area contributed by atoms with Crippen molar-refractivity contribution >= 4 is 35.8 Å². The maximum atomic E-state index is 11.6. The highest BCUT2D eigenvalue weighted by Gasteiger charge is 2.24. The molecule has 0 radical (unpaired) electrons. The third-order valence-corrected chi connectivity index (χ3v) is 5.02. The third kappa shape index (κ3) is 9.43. The Balaban J connectivity index is 0.00000364. The van der Waals surface area contributed by atoms with E-state index in [4.69, 9.17) is 4.74 Å². The van der Waals surface area contributed by atoms with Crippen molar-refractivity contribution in [3.05, 3.63) is 0 Å². The second kappa shape index (κ2) is 13.5. The number of rotatable bonds is 8. The van der Waals surface area contributed by atoms with Crippen LogP contribution in [0.2, 0.25) is 0 Å². The Labute approximate surface area is 181 Å². The molecule has 0 bridgehead atoms. The molecule has 158 valence electrons. The van der Waals surface area contributed by atoms with Crippen LogP contribution in [0.5, 0.6) is 0 Å². The fourth-order valence-electron chi connectivity index (χ4n) is 3.42. The lowest BCUT2D eigenvalue weighted by atomic mass is 10.0. The lowest BCUT2D eigenvalue weighted by molar-refractivity contribution is -0.123. The van der Waals surface area contributed by atoms with Gasteiger partial charge in [-0.2, -0.15) is 0 Å². The number of guanidine groups is 1. The summed E-state index contributed by atoms with van der Waals surface area (Å²) in [6.45, 7) is 13.2. The first-order valence-corrected chi connectivity index (χ1v) is 10.2. The molecule has 0 spiro atoms. The summed E-state index contributed by atoms with van der Waals surface area (Å²) in [7, 11) is 0. The van der Waals surface area contributed by atoms with Crippen LogP contribution in [0.3, 0.4) is 0 Å². The highest BCUT2D eigenvalue weighted by Crippen LogP contribution is 2.17. The fraction of sp³-hybridized carbons (Fsp3) is 0.895. The molecule has 2 saturated heterocycles. The molecule has 2 aliphatic rings. The Bertz CT molecular complexity index is 447. The minimum Gasteiger partial charge on any atom is -0.381 e. The van der Waals surface area contributed by atoms with Gasteiger partial charge in [-0.3, -0.25) is 9.79 Å². The van der Waals surface area contributed by atoms with E-state index in [1.165, 1.54) is 13.0 Å². The van der Waals surface area contributed by atoms with Gasteiger partial charge in [-0.1, -0.05) is 13.8 Å². The van der Waals surface area contributed by atoms with E-state index in [2.05, 4.69) is 32.8 Å². The van der Waals surface area contributed by atoms with Crippen LogP contribution in [0.15, 0.2) is 4.99 Å². The number of ether oxygens (including phenoxy) is 1. The highest BCUT2D eigenvalue weighted by molar-refractivity contribution is 14.0. The molecule has 0 aromatic carbocycles. The smallest absolute Gasteiger partial charge is 0.222 e. The number of likely N-dealkylation sites (tertiary alicyclic amines) is 1. The number of aliphatic imine (C=N–C) groups is 1. The molecule has 3 N–H and O–H groups in total. The molecule has 0 aliphatic carbocycles. The van der Waals surface area contributed by atoms with Crippen molar-refractivity contribution in [1.82, 2.24) is 20.9 Å². The van der Waals surface area contributed by atoms with Gasteiger partial charge in [0, 0.05) is 51.3 Å². The third-order valence-electron chi connectivity index (χ3n) is 5.02. The first-order chi connectivity index (χ1) is 12.6. The second-order valence-corrected chi connectivity index (χ2v) is 7.66. The Kier molecular flexibility index (Phi) is 12.3. The quantitative estimate of drug-likeness (QED) is 0.206. The zero-order valence-corrected chi connectivity index (χ0v) is 19.5. The normalized spacial score (nSPS) is 21.8. The number of halogens is 1. The largest absolute Gasteiger partial charge is 0.381 e. The topological polar surface area (TPSA) is 78.0 Å². The number of carbonyl (C=O) groups is 1. The zero-order chi connectivity index (χ0) is 18.8. The summed E-state index contributed by atoms with van der Waals surface area (Å²) >= 11 is 0. The lowest BCUT2D eigenvalue weighted by Gasteiger charge is -2.34. The number of amides is 1. The van der Waals surface area contributed by atoms with Gasteiger partial charge in [0.25, 0.3) is 0 Å². The van der Waals surface area contributed by atoms with Gasteiger partial charge in [-0.15, -0.1) is 24.0 Å². The molecule has 8 heteroatoms. The Morgan fingerprint density at radius 1 is 1.22 bits per heavy atom. The fourth-order valence-corrected chi connectivity index (χ4v) is 3.42. The lowest BCUT2D eigenvalue weighted by Crippen LogP contribution is -2.49. The van der Waals surface area contributed by atoms with Gasteiger partial charge in [0.2, 0.25) is 5.91 Å². The van der Waals surface area contributed by atoms with E-state index in [0.717, 1.165) is 57.6 Å². The Morgan fingerprint density at radius 2 is 1.96 bits per heavy atom. The van der Waals surface area contributed by atoms with Gasteiger partial charge in [-0.25, -0.2) is 0 Å². The molecule has 2 rings (SSSR count). The Morgan fingerprint density at radius 3 is 2.56 bits per heavy atom. The first-order valence-electron chi connectivity index (χ1n) is 10.2. The van der Waals surface area contributed by atoms with E-state index in [9.17, 15) is 4.79 Å². The molecule has 0 aromatic rings. The van der Waals surface area contributed by atoms with Gasteiger partial charge < -0.3 is 25.6 Å². The molecule has 27 heavy (non-hydrogen) atoms. The van der Waals surface area contributed by atoms with Crippen LogP contribution >= 0.6 is 24.0 Å². The summed E-state index contributed by atoms with van der Waals surface area (Å²) in [5, 5.41) is 9.77. The predicted molar refractivity (Wildman–Crippen MR) is 121 cm³/mol. The predicted octanol–water partition coefficient (Wildman–Crippen LogP) is 1.43. The monoisotopic (exact) mass is 495 g/mol. The van der Waals surface area contributed by atoms with E-state index >= 15 is 0 Å². The van der Waals surface area contributed by atoms with Crippen LogP contribution < -0.4 is 16.0 Å². The molecule has 0 saturated carbocycles. The van der Waals surface area contributed by atoms with Crippen molar-refractivity contribution < 1.29 is 9.53 Å². The summed E-state index contributed by atoms with van der Waals surface area (Å²) in [5.74, 6) is 1.68. The summed E-state index contributed by atoms with van der Waals surface area (Å²) in [4.78, 5) is 18.7. The minimum absolute atomic E-state index is 0. The molecule has 1 amide bonds. The van der Waals surface area contributed by atoms with E-state index in [1.54, 1.807) is 0 Å². The SMILES string of the molecule is CCNC(=NCCNC(=O)C(C)C)NC1CCN(CC2CCOC2)CC1.I. The number of carbonyl (C=O) groups excluding carboxylic acids is 1. The summed E-state index contributed by atoms with van der Waals surface area (Å²) in [6.07, 6.45) is 3.49. The number of piperidine rings is 1. The average Bonchev–Trinajstić information content (AvgIpc) is 3.13. The van der Waals surface area contributed by atoms with E-state index in [0.29, 0.717) is 19.1 Å². The molecule has 2 fully saturated rings. The van der Waals surface area contributed by atoms with Crippen LogP contribution in [0, 0.1) is 11.8 Å². The van der Waals surface area contributed by atoms with E-state index in [1.807, 2.05) is 13.8 Å². The number of hydrogen-bond donors (Lipinski definition) is 3. The molecule has 0 aromatic heterocycles. The van der Waals surface area contributed by atoms with Crippen LogP contribution in [-0.4, -0.2) is 75.3 Å². The summed E-state index contributed by atoms with van der Waals surface area (Å²) in [5.41, 5.74) is 0. The molecule has 7 nitrogen and oxygen atoms in total. The van der Waals surface area contributed by atoms with Crippen molar-refractivity contribution in [2.24, 2.45) is 16.8 Å². The van der Waals surface area contributed by atoms with Crippen molar-refractivity contribution in [1.29, 1.82) is 0 Å². The van der Waals surface area contributed by atoms with Crippen molar-refractivity contribution in [2.45, 2.75) is 46.1 Å². The summed E-state index contributed by atoms with van der Waals surface area (Å²) < 4.78 is 5.48. The summed E-state index contributed by atoms with van der Waals surface area (Å²) in [6, 6.07) is 0.467. The molecular formula is C19H38IN5O2. The van der Waals surface area contributed by atoms with Crippen LogP contribution in [0.25, 0.3) is 0 Å². The number of hydrogen-bond acceptors (Lipinski definition) is 4. The van der Waals surface area contributed by atoms with Crippen LogP contribution in [0.4, 0.5) is 0 Å². The number of nitrogens with one attached hydrogen (secondary N) is 3. The van der Waals surface area contributed by atoms with Crippen molar-refractivity contribution in [2.75, 3.05) is 52.5 Å². The van der Waals surface area contributed by atoms with Crippen LogP contribution in [0.1, 0.15) is 40.0 Å². The Hall–Kier alpha value is -0.610. The standard InChI is InChI=1S/C19H37N5O2.HI/c1-4-20-19(22-9-8-21-18(25)15(2)3)23-17-5-10-24(11-6-17)13-16-7-12-26-14-16;/h15-17H,4-14H2,1-3H3,(H,21,25)(H2,20,22,23);1H. The molecule has 1 unspecified atom stereocenters. The van der Waals surface area contributed by atoms with Gasteiger partial charge in [0.15, 0.2) is 5.96 Å². The van der Waals surface area contributed by atoms with E-state index in [-0.39, 0.29) is 35.8 Å². The van der Waals surface area contributed by atoms with Gasteiger partial charge in [-0.05, 0) is 32.1 Å². The molecule has 1 atom stereocenters. The highest BCUT2D eigenvalue weighted by atomic mass is 127. The zero-order valence-electron chi connectivity index (χ0n) is 17.1. The molecule has 2 aliphatic heterocycles. The average molecular weight is 495 g/mol. The van der Waals surface area contributed by atoms with Crippen LogP contribution in [-0.2, 0) is 9.53 Å². The van der Waals surface area contributed by atoms with Crippen molar-refractivity contribution in [3.63, 3.8) is 0 Å². The number of nitrogens with zero attached hydrogens (tertiary/aromatic N) is 2. The maximum Gasteiger partial charge on any atom is 0.222 e. The van der Waals surface area contributed by atoms with E-state index < -0.39 is 0 Å². The minimum atomic E-state index is 0. The van der Waals surface area contributed by atoms with Gasteiger partial charge >= 0.3 is 0 Å². The molecule has 2 heterocycles. The van der Waals surface area contributed by atoms with Crippen molar-refractivity contribution in [3.8, 4) is 0 Å². The second-order valence-electron chi connectivity index (χ2n) is 7.66. The first kappa shape index (κ1) is 24.4. The molecular weight excluding hydrogens is 457 g/mol. The maximum absolute atomic E-state index is 11.6. The van der Waals surface area contributed by atoms with Gasteiger partial charge in [0.1, 0.15) is 0 Å². The van der Waals surface area contributed by atoms with Gasteiger partial charge in [0.05, 0.1) is 13.2 Å².